The summed E-state index contributed by atoms with van der Waals surface area (Å²) in [5, 5.41) is 8.96. The van der Waals surface area contributed by atoms with Crippen molar-refractivity contribution in [3.63, 3.8) is 0 Å². The summed E-state index contributed by atoms with van der Waals surface area (Å²) in [4.78, 5) is 27.2. The molecule has 0 aromatic rings. The molecule has 2 aliphatic rings. The zero-order valence-electron chi connectivity index (χ0n) is 12.2. The van der Waals surface area contributed by atoms with Gasteiger partial charge in [-0.2, -0.15) is 0 Å². The highest BCUT2D eigenvalue weighted by atomic mass is 16.5. The Morgan fingerprint density at radius 2 is 2.00 bits per heavy atom. The summed E-state index contributed by atoms with van der Waals surface area (Å²) in [5.74, 6) is -0.243. The number of nitrogens with zero attached hydrogens (tertiary/aromatic N) is 2. The molecule has 0 bridgehead atoms. The first-order valence-corrected chi connectivity index (χ1v) is 7.35. The summed E-state index contributed by atoms with van der Waals surface area (Å²) in [6.07, 6.45) is 1.98. The van der Waals surface area contributed by atoms with E-state index in [0.717, 1.165) is 19.4 Å². The highest BCUT2D eigenvalue weighted by molar-refractivity contribution is 5.76. The number of ether oxygens (including phenoxy) is 1. The fourth-order valence-electron chi connectivity index (χ4n) is 3.13. The van der Waals surface area contributed by atoms with Gasteiger partial charge in [0.2, 0.25) is 0 Å². The Kier molecular flexibility index (Phi) is 4.86. The average Bonchev–Trinajstić information content (AvgIpc) is 2.38. The van der Waals surface area contributed by atoms with Crippen LogP contribution >= 0.6 is 0 Å². The van der Waals surface area contributed by atoms with Crippen molar-refractivity contribution in [1.29, 1.82) is 0 Å². The molecule has 2 aliphatic heterocycles. The number of likely N-dealkylation sites (tertiary alicyclic amines) is 1. The minimum Gasteiger partial charge on any atom is -0.481 e. The monoisotopic (exact) mass is 284 g/mol. The molecule has 6 heteroatoms. The second kappa shape index (κ2) is 6.43. The first-order valence-electron chi connectivity index (χ1n) is 7.35. The molecule has 1 N–H and O–H groups in total. The lowest BCUT2D eigenvalue weighted by Gasteiger charge is -2.43. The van der Waals surface area contributed by atoms with Crippen LogP contribution in [0.4, 0.5) is 4.79 Å². The number of hydrogen-bond acceptors (Lipinski definition) is 3. The minimum absolute atomic E-state index is 0.0287. The Morgan fingerprint density at radius 1 is 1.25 bits per heavy atom. The standard InChI is InChI=1S/C14H24N2O4/c1-10-3-4-15(11(2)7-10)14(19)16-5-6-20-9-12(16)8-13(17)18/h10-12H,3-9H2,1-2H3,(H,17,18). The largest absolute Gasteiger partial charge is 0.481 e. The van der Waals surface area contributed by atoms with E-state index in [2.05, 4.69) is 13.8 Å². The highest BCUT2D eigenvalue weighted by Gasteiger charge is 2.35. The van der Waals surface area contributed by atoms with Crippen molar-refractivity contribution < 1.29 is 19.4 Å². The fourth-order valence-corrected chi connectivity index (χ4v) is 3.13. The summed E-state index contributed by atoms with van der Waals surface area (Å²) >= 11 is 0. The van der Waals surface area contributed by atoms with E-state index in [4.69, 9.17) is 9.84 Å². The van der Waals surface area contributed by atoms with Gasteiger partial charge in [-0.05, 0) is 25.7 Å². The summed E-state index contributed by atoms with van der Waals surface area (Å²) in [6.45, 7) is 6.32. The molecule has 0 radical (unpaired) electrons. The number of carboxylic acid groups (broad SMARTS) is 1. The summed E-state index contributed by atoms with van der Waals surface area (Å²) in [5.41, 5.74) is 0. The van der Waals surface area contributed by atoms with Crippen molar-refractivity contribution >= 4 is 12.0 Å². The molecule has 0 aromatic heterocycles. The quantitative estimate of drug-likeness (QED) is 0.832. The number of amides is 2. The van der Waals surface area contributed by atoms with Crippen molar-refractivity contribution in [3.8, 4) is 0 Å². The van der Waals surface area contributed by atoms with E-state index < -0.39 is 5.97 Å². The van der Waals surface area contributed by atoms with Gasteiger partial charge in [0, 0.05) is 19.1 Å². The van der Waals surface area contributed by atoms with Crippen LogP contribution in [-0.4, -0.2) is 65.3 Å². The Hall–Kier alpha value is -1.30. The van der Waals surface area contributed by atoms with Crippen LogP contribution in [0.1, 0.15) is 33.1 Å². The van der Waals surface area contributed by atoms with E-state index in [1.165, 1.54) is 0 Å². The summed E-state index contributed by atoms with van der Waals surface area (Å²) in [6, 6.07) is -0.154. The predicted molar refractivity (Wildman–Crippen MR) is 73.5 cm³/mol. The Bertz CT molecular complexity index is 374. The zero-order valence-corrected chi connectivity index (χ0v) is 12.2. The molecule has 0 saturated carbocycles. The number of carbonyl (C=O) groups is 2. The number of carboxylic acids is 1. The van der Waals surface area contributed by atoms with Gasteiger partial charge in [-0.15, -0.1) is 0 Å². The van der Waals surface area contributed by atoms with E-state index in [0.29, 0.717) is 25.7 Å². The van der Waals surface area contributed by atoms with E-state index >= 15 is 0 Å². The van der Waals surface area contributed by atoms with E-state index in [1.54, 1.807) is 4.90 Å². The van der Waals surface area contributed by atoms with Gasteiger partial charge in [0.05, 0.1) is 25.7 Å². The maximum Gasteiger partial charge on any atom is 0.320 e. The number of urea groups is 1. The number of piperidine rings is 1. The first kappa shape index (κ1) is 15.1. The third-order valence-electron chi connectivity index (χ3n) is 4.27. The topological polar surface area (TPSA) is 70.1 Å². The normalized spacial score (nSPS) is 31.2. The van der Waals surface area contributed by atoms with Gasteiger partial charge in [0.25, 0.3) is 0 Å². The van der Waals surface area contributed by atoms with Crippen LogP contribution in [0, 0.1) is 5.92 Å². The molecule has 3 atom stereocenters. The van der Waals surface area contributed by atoms with Gasteiger partial charge in [-0.3, -0.25) is 4.79 Å². The molecular weight excluding hydrogens is 260 g/mol. The average molecular weight is 284 g/mol. The number of aliphatic carboxylic acids is 1. The van der Waals surface area contributed by atoms with E-state index in [1.807, 2.05) is 4.90 Å². The van der Waals surface area contributed by atoms with Crippen LogP contribution in [0.2, 0.25) is 0 Å². The van der Waals surface area contributed by atoms with Crippen molar-refractivity contribution in [2.45, 2.75) is 45.2 Å². The van der Waals surface area contributed by atoms with Gasteiger partial charge in [-0.1, -0.05) is 6.92 Å². The molecule has 2 fully saturated rings. The van der Waals surface area contributed by atoms with E-state index in [9.17, 15) is 9.59 Å². The molecule has 0 aliphatic carbocycles. The smallest absolute Gasteiger partial charge is 0.320 e. The lowest BCUT2D eigenvalue weighted by atomic mass is 9.93. The molecule has 3 unspecified atom stereocenters. The van der Waals surface area contributed by atoms with Crippen LogP contribution < -0.4 is 0 Å². The minimum atomic E-state index is -0.890. The van der Waals surface area contributed by atoms with Crippen LogP contribution in [0.15, 0.2) is 0 Å². The number of carbonyl (C=O) groups excluding carboxylic acids is 1. The molecule has 20 heavy (non-hydrogen) atoms. The van der Waals surface area contributed by atoms with Crippen molar-refractivity contribution in [3.05, 3.63) is 0 Å². The maximum atomic E-state index is 12.7. The molecule has 114 valence electrons. The summed E-state index contributed by atoms with van der Waals surface area (Å²) in [7, 11) is 0. The van der Waals surface area contributed by atoms with E-state index in [-0.39, 0.29) is 24.5 Å². The summed E-state index contributed by atoms with van der Waals surface area (Å²) < 4.78 is 5.32. The lowest BCUT2D eigenvalue weighted by Crippen LogP contribution is -2.57. The van der Waals surface area contributed by atoms with Crippen molar-refractivity contribution in [2.75, 3.05) is 26.3 Å². The number of hydrogen-bond donors (Lipinski definition) is 1. The molecule has 2 saturated heterocycles. The highest BCUT2D eigenvalue weighted by Crippen LogP contribution is 2.24. The van der Waals surface area contributed by atoms with Gasteiger partial charge in [0.15, 0.2) is 0 Å². The zero-order chi connectivity index (χ0) is 14.7. The molecule has 0 aromatic carbocycles. The Morgan fingerprint density at radius 3 is 2.65 bits per heavy atom. The molecule has 6 nitrogen and oxygen atoms in total. The number of morpholine rings is 1. The predicted octanol–water partition coefficient (Wildman–Crippen LogP) is 1.40. The maximum absolute atomic E-state index is 12.7. The third-order valence-corrected chi connectivity index (χ3v) is 4.27. The molecule has 2 amide bonds. The second-order valence-corrected chi connectivity index (χ2v) is 5.97. The van der Waals surface area contributed by atoms with Crippen LogP contribution in [0.25, 0.3) is 0 Å². The van der Waals surface area contributed by atoms with Crippen molar-refractivity contribution in [1.82, 2.24) is 9.80 Å². The molecule has 0 spiro atoms. The SMILES string of the molecule is CC1CCN(C(=O)N2CCOCC2CC(=O)O)C(C)C1. The van der Waals surface area contributed by atoms with Crippen LogP contribution in [0.3, 0.4) is 0 Å². The van der Waals surface area contributed by atoms with Gasteiger partial charge in [-0.25, -0.2) is 4.79 Å². The van der Waals surface area contributed by atoms with Crippen LogP contribution in [-0.2, 0) is 9.53 Å². The van der Waals surface area contributed by atoms with Gasteiger partial charge in [0.1, 0.15) is 0 Å². The Labute approximate surface area is 119 Å². The lowest BCUT2D eigenvalue weighted by molar-refractivity contribution is -0.139. The first-order chi connectivity index (χ1) is 9.49. The fraction of sp³-hybridized carbons (Fsp3) is 0.857. The third kappa shape index (κ3) is 3.42. The molecule has 2 rings (SSSR count). The Balaban J connectivity index is 2.03. The number of rotatable bonds is 2. The van der Waals surface area contributed by atoms with Crippen LogP contribution in [0.5, 0.6) is 0 Å². The molecule has 2 heterocycles. The van der Waals surface area contributed by atoms with Gasteiger partial charge >= 0.3 is 12.0 Å². The van der Waals surface area contributed by atoms with Gasteiger partial charge < -0.3 is 19.6 Å². The second-order valence-electron chi connectivity index (χ2n) is 5.97. The van der Waals surface area contributed by atoms with Crippen molar-refractivity contribution in [2.24, 2.45) is 5.92 Å². The molecular formula is C14H24N2O4.